The number of rotatable bonds is 6. The maximum Gasteiger partial charge on any atom is 0.237 e. The van der Waals surface area contributed by atoms with E-state index in [1.54, 1.807) is 16.7 Å². The van der Waals surface area contributed by atoms with E-state index in [0.29, 0.717) is 12.5 Å². The van der Waals surface area contributed by atoms with Crippen LogP contribution in [0.3, 0.4) is 0 Å². The summed E-state index contributed by atoms with van der Waals surface area (Å²) in [6.45, 7) is 0.685. The van der Waals surface area contributed by atoms with Gasteiger partial charge in [0.2, 0.25) is 11.8 Å². The Labute approximate surface area is 148 Å². The highest BCUT2D eigenvalue weighted by Gasteiger charge is 2.32. The zero-order valence-electron chi connectivity index (χ0n) is 14.1. The van der Waals surface area contributed by atoms with Gasteiger partial charge in [0.25, 0.3) is 0 Å². The van der Waals surface area contributed by atoms with Gasteiger partial charge in [-0.3, -0.25) is 9.59 Å². The minimum atomic E-state index is -0.425. The Morgan fingerprint density at radius 2 is 1.92 bits per heavy atom. The molecule has 1 aromatic carbocycles. The van der Waals surface area contributed by atoms with Gasteiger partial charge in [0, 0.05) is 17.2 Å². The summed E-state index contributed by atoms with van der Waals surface area (Å²) in [7, 11) is 0. The Morgan fingerprint density at radius 3 is 2.67 bits per heavy atom. The molecule has 1 heterocycles. The molecule has 1 aliphatic carbocycles. The molecule has 1 aromatic rings. The van der Waals surface area contributed by atoms with E-state index in [2.05, 4.69) is 6.07 Å². The van der Waals surface area contributed by atoms with E-state index in [1.165, 1.54) is 37.0 Å². The molecule has 1 aliphatic heterocycles. The average Bonchev–Trinajstić information content (AvgIpc) is 3.02. The van der Waals surface area contributed by atoms with E-state index in [0.717, 1.165) is 17.7 Å². The minimum absolute atomic E-state index is 0.0366. The van der Waals surface area contributed by atoms with Gasteiger partial charge in [-0.1, -0.05) is 50.3 Å². The van der Waals surface area contributed by atoms with E-state index in [1.807, 2.05) is 18.2 Å². The summed E-state index contributed by atoms with van der Waals surface area (Å²) in [6.07, 6.45) is 7.40. The Kier molecular flexibility index (Phi) is 5.82. The van der Waals surface area contributed by atoms with Crippen LogP contribution in [-0.4, -0.2) is 35.6 Å². The summed E-state index contributed by atoms with van der Waals surface area (Å²) < 4.78 is 0. The molecule has 3 rings (SSSR count). The number of hydrogen-bond acceptors (Lipinski definition) is 3. The fourth-order valence-electron chi connectivity index (χ4n) is 3.86. The van der Waals surface area contributed by atoms with Crippen LogP contribution in [0, 0.1) is 5.92 Å². The van der Waals surface area contributed by atoms with Gasteiger partial charge in [0.15, 0.2) is 0 Å². The highest BCUT2D eigenvalue weighted by Crippen LogP contribution is 2.40. The summed E-state index contributed by atoms with van der Waals surface area (Å²) in [5.41, 5.74) is 6.49. The van der Waals surface area contributed by atoms with Crippen LogP contribution in [0.25, 0.3) is 0 Å². The van der Waals surface area contributed by atoms with Crippen LogP contribution in [0.4, 0.5) is 0 Å². The fourth-order valence-corrected chi connectivity index (χ4v) is 5.08. The molecule has 2 aliphatic rings. The number of carbonyl (C=O) groups is 2. The Bertz CT molecular complexity index is 599. The predicted molar refractivity (Wildman–Crippen MR) is 96.9 cm³/mol. The van der Waals surface area contributed by atoms with Gasteiger partial charge >= 0.3 is 0 Å². The van der Waals surface area contributed by atoms with Crippen molar-refractivity contribution in [2.24, 2.45) is 11.7 Å². The van der Waals surface area contributed by atoms with Crippen LogP contribution in [0.2, 0.25) is 0 Å². The normalized spacial score (nSPS) is 20.6. The number of hydrogen-bond donors (Lipinski definition) is 1. The molecule has 0 aromatic heterocycles. The predicted octanol–water partition coefficient (Wildman–Crippen LogP) is 3.16. The van der Waals surface area contributed by atoms with E-state index >= 15 is 0 Å². The second-order valence-electron chi connectivity index (χ2n) is 6.92. The van der Waals surface area contributed by atoms with Crippen molar-refractivity contribution < 1.29 is 9.59 Å². The maximum absolute atomic E-state index is 13.0. The van der Waals surface area contributed by atoms with E-state index in [4.69, 9.17) is 5.73 Å². The van der Waals surface area contributed by atoms with Gasteiger partial charge < -0.3 is 10.6 Å². The van der Waals surface area contributed by atoms with Crippen LogP contribution in [0.15, 0.2) is 29.2 Å². The fraction of sp³-hybridized carbons (Fsp3) is 0.579. The molecule has 1 fully saturated rings. The molecular formula is C19H26N2O2S. The Balaban J connectivity index is 1.66. The van der Waals surface area contributed by atoms with Gasteiger partial charge in [0.1, 0.15) is 0 Å². The molecule has 1 saturated carbocycles. The molecule has 1 atom stereocenters. The van der Waals surface area contributed by atoms with Crippen molar-refractivity contribution in [1.29, 1.82) is 0 Å². The lowest BCUT2D eigenvalue weighted by Crippen LogP contribution is -2.42. The molecule has 0 saturated heterocycles. The molecule has 4 nitrogen and oxygen atoms in total. The standard InChI is InChI=1S/C19H26N2O2S/c20-18(22)12-21(11-10-14-6-2-1-3-7-14)19(23)16-13-24-17-9-5-4-8-15(16)17/h4-5,8-9,14,16H,1-3,6-7,10-13H2,(H2,20,22). The van der Waals surface area contributed by atoms with E-state index < -0.39 is 5.91 Å². The molecule has 2 amide bonds. The number of carbonyl (C=O) groups excluding carboxylic acids is 2. The zero-order chi connectivity index (χ0) is 16.9. The molecular weight excluding hydrogens is 320 g/mol. The minimum Gasteiger partial charge on any atom is -0.368 e. The van der Waals surface area contributed by atoms with E-state index in [9.17, 15) is 9.59 Å². The number of primary amides is 1. The summed E-state index contributed by atoms with van der Waals surface area (Å²) in [6, 6.07) is 8.07. The number of nitrogens with zero attached hydrogens (tertiary/aromatic N) is 1. The molecule has 0 radical (unpaired) electrons. The van der Waals surface area contributed by atoms with Gasteiger partial charge in [-0.25, -0.2) is 0 Å². The second kappa shape index (κ2) is 8.06. The summed E-state index contributed by atoms with van der Waals surface area (Å²) in [5, 5.41) is 0. The third-order valence-corrected chi connectivity index (χ3v) is 6.37. The lowest BCUT2D eigenvalue weighted by molar-refractivity contribution is -0.136. The maximum atomic E-state index is 13.0. The SMILES string of the molecule is NC(=O)CN(CCC1CCCCC1)C(=O)C1CSc2ccccc21. The smallest absolute Gasteiger partial charge is 0.237 e. The van der Waals surface area contributed by atoms with Gasteiger partial charge in [0.05, 0.1) is 12.5 Å². The third-order valence-electron chi connectivity index (χ3n) is 5.19. The highest BCUT2D eigenvalue weighted by atomic mass is 32.2. The number of fused-ring (bicyclic) bond motifs is 1. The van der Waals surface area contributed by atoms with Crippen LogP contribution >= 0.6 is 11.8 Å². The average molecular weight is 346 g/mol. The Hall–Kier alpha value is -1.49. The van der Waals surface area contributed by atoms with Gasteiger partial charge in [-0.05, 0) is 24.0 Å². The van der Waals surface area contributed by atoms with Crippen LogP contribution in [0.5, 0.6) is 0 Å². The van der Waals surface area contributed by atoms with Crippen molar-refractivity contribution in [3.63, 3.8) is 0 Å². The second-order valence-corrected chi connectivity index (χ2v) is 7.98. The van der Waals surface area contributed by atoms with Crippen molar-refractivity contribution in [2.75, 3.05) is 18.8 Å². The lowest BCUT2D eigenvalue weighted by Gasteiger charge is -2.28. The van der Waals surface area contributed by atoms with Crippen molar-refractivity contribution in [3.8, 4) is 0 Å². The topological polar surface area (TPSA) is 63.4 Å². The zero-order valence-corrected chi connectivity index (χ0v) is 14.9. The quantitative estimate of drug-likeness (QED) is 0.860. The summed E-state index contributed by atoms with van der Waals surface area (Å²) >= 11 is 1.72. The van der Waals surface area contributed by atoms with Gasteiger partial charge in [-0.15, -0.1) is 11.8 Å². The van der Waals surface area contributed by atoms with Gasteiger partial charge in [-0.2, -0.15) is 0 Å². The van der Waals surface area contributed by atoms with Crippen molar-refractivity contribution in [3.05, 3.63) is 29.8 Å². The number of benzene rings is 1. The van der Waals surface area contributed by atoms with Crippen LogP contribution in [0.1, 0.15) is 50.0 Å². The molecule has 130 valence electrons. The molecule has 24 heavy (non-hydrogen) atoms. The molecule has 0 bridgehead atoms. The highest BCUT2D eigenvalue weighted by molar-refractivity contribution is 7.99. The lowest BCUT2D eigenvalue weighted by atomic mass is 9.87. The summed E-state index contributed by atoms with van der Waals surface area (Å²) in [5.74, 6) is 0.939. The third kappa shape index (κ3) is 4.12. The van der Waals surface area contributed by atoms with E-state index in [-0.39, 0.29) is 18.4 Å². The van der Waals surface area contributed by atoms with Crippen LogP contribution < -0.4 is 5.73 Å². The first-order chi connectivity index (χ1) is 11.6. The molecule has 1 unspecified atom stereocenters. The first kappa shape index (κ1) is 17.3. The largest absolute Gasteiger partial charge is 0.368 e. The molecule has 5 heteroatoms. The van der Waals surface area contributed by atoms with Crippen molar-refractivity contribution in [2.45, 2.75) is 49.3 Å². The Morgan fingerprint density at radius 1 is 1.17 bits per heavy atom. The molecule has 2 N–H and O–H groups in total. The van der Waals surface area contributed by atoms with Crippen molar-refractivity contribution >= 4 is 23.6 Å². The number of thioether (sulfide) groups is 1. The van der Waals surface area contributed by atoms with Crippen molar-refractivity contribution in [1.82, 2.24) is 4.90 Å². The molecule has 0 spiro atoms. The monoisotopic (exact) mass is 346 g/mol. The first-order valence-corrected chi connectivity index (χ1v) is 9.92. The first-order valence-electron chi connectivity index (χ1n) is 8.94. The summed E-state index contributed by atoms with van der Waals surface area (Å²) in [4.78, 5) is 27.4. The van der Waals surface area contributed by atoms with Crippen LogP contribution in [-0.2, 0) is 9.59 Å². The number of amides is 2. The number of nitrogens with two attached hydrogens (primary N) is 1.